The van der Waals surface area contributed by atoms with Crippen LogP contribution >= 0.6 is 15.9 Å². The third-order valence-electron chi connectivity index (χ3n) is 3.68. The molecule has 3 N–H and O–H groups in total. The molecule has 8 nitrogen and oxygen atoms in total. The highest BCUT2D eigenvalue weighted by Crippen LogP contribution is 2.20. The van der Waals surface area contributed by atoms with Crippen LogP contribution in [0.3, 0.4) is 0 Å². The number of hydrogen-bond donors (Lipinski definition) is 3. The fraction of sp³-hybridized carbons (Fsp3) is 0.238. The van der Waals surface area contributed by atoms with Gasteiger partial charge in [0.1, 0.15) is 5.75 Å². The monoisotopic (exact) mass is 474 g/mol. The minimum Gasteiger partial charge on any atom is -0.484 e. The molecule has 0 radical (unpaired) electrons. The average molecular weight is 475 g/mol. The summed E-state index contributed by atoms with van der Waals surface area (Å²) < 4.78 is 6.47. The number of rotatable bonds is 7. The van der Waals surface area contributed by atoms with Crippen molar-refractivity contribution in [3.63, 3.8) is 0 Å². The van der Waals surface area contributed by atoms with E-state index in [1.54, 1.807) is 44.2 Å². The summed E-state index contributed by atoms with van der Waals surface area (Å²) in [5.41, 5.74) is 4.47. The molecule has 0 saturated heterocycles. The summed E-state index contributed by atoms with van der Waals surface area (Å²) in [4.78, 5) is 35.2. The molecule has 0 aliphatic carbocycles. The van der Waals surface area contributed by atoms with Crippen molar-refractivity contribution >= 4 is 45.6 Å². The lowest BCUT2D eigenvalue weighted by atomic mass is 10.2. The van der Waals surface area contributed by atoms with Crippen LogP contribution in [-0.4, -0.2) is 36.6 Å². The van der Waals surface area contributed by atoms with Gasteiger partial charge in [-0.15, -0.1) is 0 Å². The lowest BCUT2D eigenvalue weighted by Gasteiger charge is -2.09. The molecule has 0 aromatic heterocycles. The first-order valence-corrected chi connectivity index (χ1v) is 9.96. The zero-order valence-electron chi connectivity index (χ0n) is 16.9. The summed E-state index contributed by atoms with van der Waals surface area (Å²) in [6.45, 7) is 5.27. The number of ether oxygens (including phenoxy) is 1. The molecule has 2 aromatic carbocycles. The van der Waals surface area contributed by atoms with E-state index in [2.05, 4.69) is 37.1 Å². The van der Waals surface area contributed by atoms with Gasteiger partial charge in [0.05, 0.1) is 6.21 Å². The zero-order chi connectivity index (χ0) is 22.1. The zero-order valence-corrected chi connectivity index (χ0v) is 18.4. The Hall–Kier alpha value is -3.20. The molecule has 0 fully saturated rings. The molecule has 158 valence electrons. The second-order valence-electron chi connectivity index (χ2n) is 6.70. The number of carbonyl (C=O) groups excluding carboxylic acids is 3. The van der Waals surface area contributed by atoms with Crippen molar-refractivity contribution in [2.45, 2.75) is 26.8 Å². The van der Waals surface area contributed by atoms with Gasteiger partial charge in [-0.2, -0.15) is 5.10 Å². The van der Waals surface area contributed by atoms with E-state index in [0.29, 0.717) is 17.0 Å². The number of nitrogens with zero attached hydrogens (tertiary/aromatic N) is 1. The number of benzene rings is 2. The maximum Gasteiger partial charge on any atom is 0.329 e. The van der Waals surface area contributed by atoms with E-state index >= 15 is 0 Å². The molecule has 0 bridgehead atoms. The summed E-state index contributed by atoms with van der Waals surface area (Å²) in [6, 6.07) is 12.2. The predicted octanol–water partition coefficient (Wildman–Crippen LogP) is 2.75. The van der Waals surface area contributed by atoms with Crippen molar-refractivity contribution in [1.82, 2.24) is 10.7 Å². The highest BCUT2D eigenvalue weighted by Gasteiger charge is 2.13. The van der Waals surface area contributed by atoms with Gasteiger partial charge in [0.15, 0.2) is 6.61 Å². The van der Waals surface area contributed by atoms with Crippen molar-refractivity contribution in [1.29, 1.82) is 0 Å². The molecule has 0 heterocycles. The van der Waals surface area contributed by atoms with Crippen molar-refractivity contribution in [2.75, 3.05) is 11.9 Å². The number of anilines is 1. The molecule has 0 aliphatic heterocycles. The summed E-state index contributed by atoms with van der Waals surface area (Å²) in [5.74, 6) is -1.44. The summed E-state index contributed by atoms with van der Waals surface area (Å²) in [7, 11) is 0. The van der Waals surface area contributed by atoms with Gasteiger partial charge in [-0.3, -0.25) is 14.4 Å². The van der Waals surface area contributed by atoms with E-state index in [1.165, 1.54) is 6.21 Å². The third-order valence-corrected chi connectivity index (χ3v) is 4.57. The van der Waals surface area contributed by atoms with Crippen LogP contribution in [0.4, 0.5) is 5.69 Å². The molecule has 2 rings (SSSR count). The Labute approximate surface area is 183 Å². The smallest absolute Gasteiger partial charge is 0.329 e. The lowest BCUT2D eigenvalue weighted by molar-refractivity contribution is -0.139. The molecule has 30 heavy (non-hydrogen) atoms. The lowest BCUT2D eigenvalue weighted by Crippen LogP contribution is -2.41. The van der Waals surface area contributed by atoms with Crippen LogP contribution in [0.2, 0.25) is 0 Å². The Kier molecular flexibility index (Phi) is 8.54. The van der Waals surface area contributed by atoms with Gasteiger partial charge in [-0.05, 0) is 62.2 Å². The Morgan fingerprint density at radius 1 is 1.13 bits per heavy atom. The first kappa shape index (κ1) is 23.1. The fourth-order valence-corrected chi connectivity index (χ4v) is 2.54. The molecule has 9 heteroatoms. The minimum atomic E-state index is -0.854. The van der Waals surface area contributed by atoms with Gasteiger partial charge in [-0.25, -0.2) is 5.43 Å². The quantitative estimate of drug-likeness (QED) is 0.325. The molecular formula is C21H23BrN4O4. The molecule has 0 spiro atoms. The van der Waals surface area contributed by atoms with E-state index in [4.69, 9.17) is 4.74 Å². The SMILES string of the molecule is Cc1cc(NC(=O)COc2cccc(/C=N\NC(=O)C(=O)NC(C)C)c2)ccc1Br. The highest BCUT2D eigenvalue weighted by molar-refractivity contribution is 9.10. The number of carbonyl (C=O) groups is 3. The summed E-state index contributed by atoms with van der Waals surface area (Å²) >= 11 is 3.41. The Balaban J connectivity index is 1.86. The van der Waals surface area contributed by atoms with E-state index in [1.807, 2.05) is 19.1 Å². The first-order valence-electron chi connectivity index (χ1n) is 9.17. The molecule has 2 aromatic rings. The molecule has 0 unspecified atom stereocenters. The standard InChI is InChI=1S/C21H23BrN4O4/c1-13(2)24-20(28)21(29)26-23-11-15-5-4-6-17(10-15)30-12-19(27)25-16-7-8-18(22)14(3)9-16/h4-11,13H,12H2,1-3H3,(H,24,28)(H,25,27)(H,26,29)/b23-11-. The van der Waals surface area contributed by atoms with Crippen LogP contribution < -0.4 is 20.8 Å². The highest BCUT2D eigenvalue weighted by atomic mass is 79.9. The van der Waals surface area contributed by atoms with E-state index < -0.39 is 11.8 Å². The predicted molar refractivity (Wildman–Crippen MR) is 118 cm³/mol. The molecule has 0 saturated carbocycles. The maximum absolute atomic E-state index is 12.1. The molecule has 3 amide bonds. The number of amides is 3. The third kappa shape index (κ3) is 7.67. The van der Waals surface area contributed by atoms with Crippen LogP contribution in [0.1, 0.15) is 25.0 Å². The van der Waals surface area contributed by atoms with Gasteiger partial charge in [-0.1, -0.05) is 28.1 Å². The summed E-state index contributed by atoms with van der Waals surface area (Å²) in [6.07, 6.45) is 1.37. The number of nitrogens with one attached hydrogen (secondary N) is 3. The second-order valence-corrected chi connectivity index (χ2v) is 7.55. The van der Waals surface area contributed by atoms with Crippen molar-refractivity contribution in [2.24, 2.45) is 5.10 Å². The average Bonchev–Trinajstić information content (AvgIpc) is 2.69. The Bertz CT molecular complexity index is 960. The molecule has 0 aliphatic rings. The van der Waals surface area contributed by atoms with Gasteiger partial charge < -0.3 is 15.4 Å². The first-order chi connectivity index (χ1) is 14.2. The van der Waals surface area contributed by atoms with Gasteiger partial charge in [0.2, 0.25) is 0 Å². The maximum atomic E-state index is 12.1. The summed E-state index contributed by atoms with van der Waals surface area (Å²) in [5, 5.41) is 8.99. The van der Waals surface area contributed by atoms with Crippen LogP contribution in [0.15, 0.2) is 52.0 Å². The molecular weight excluding hydrogens is 452 g/mol. The van der Waals surface area contributed by atoms with Crippen LogP contribution in [-0.2, 0) is 14.4 Å². The van der Waals surface area contributed by atoms with Gasteiger partial charge >= 0.3 is 11.8 Å². The number of halogens is 1. The topological polar surface area (TPSA) is 109 Å². The van der Waals surface area contributed by atoms with E-state index in [0.717, 1.165) is 10.0 Å². The van der Waals surface area contributed by atoms with Crippen molar-refractivity contribution in [3.05, 3.63) is 58.1 Å². The van der Waals surface area contributed by atoms with Crippen molar-refractivity contribution < 1.29 is 19.1 Å². The second kappa shape index (κ2) is 11.1. The fourth-order valence-electron chi connectivity index (χ4n) is 2.30. The van der Waals surface area contributed by atoms with E-state index in [-0.39, 0.29) is 18.6 Å². The Morgan fingerprint density at radius 3 is 2.60 bits per heavy atom. The largest absolute Gasteiger partial charge is 0.484 e. The van der Waals surface area contributed by atoms with Gasteiger partial charge in [0, 0.05) is 16.2 Å². The van der Waals surface area contributed by atoms with Crippen LogP contribution in [0, 0.1) is 6.92 Å². The van der Waals surface area contributed by atoms with E-state index in [9.17, 15) is 14.4 Å². The molecule has 0 atom stereocenters. The van der Waals surface area contributed by atoms with Crippen LogP contribution in [0.5, 0.6) is 5.75 Å². The number of aryl methyl sites for hydroxylation is 1. The number of hydrogen-bond acceptors (Lipinski definition) is 5. The minimum absolute atomic E-state index is 0.147. The van der Waals surface area contributed by atoms with Gasteiger partial charge in [0.25, 0.3) is 5.91 Å². The normalized spacial score (nSPS) is 10.7. The van der Waals surface area contributed by atoms with Crippen LogP contribution in [0.25, 0.3) is 0 Å². The van der Waals surface area contributed by atoms with Crippen molar-refractivity contribution in [3.8, 4) is 5.75 Å². The number of hydrazone groups is 1. The Morgan fingerprint density at radius 2 is 1.90 bits per heavy atom.